The van der Waals surface area contributed by atoms with Crippen molar-refractivity contribution in [2.45, 2.75) is 104 Å². The third kappa shape index (κ3) is 47900. The Morgan fingerprint density at radius 3 is 0.216 bits per heavy atom. The van der Waals surface area contributed by atoms with Crippen LogP contribution < -0.4 is 184 Å². The Morgan fingerprint density at radius 2 is 0.198 bits per heavy atom. The Balaban J connectivity index is -0.0000000199. The first kappa shape index (κ1) is 220. The quantitative estimate of drug-likeness (QED) is 0.0637. The maximum atomic E-state index is 8.89. The summed E-state index contributed by atoms with van der Waals surface area (Å²) in [5.74, 6) is -16.3. The smallest absolute Gasteiger partial charge is 0.550 e. The number of carbonyl (C=O) groups is 25. The summed E-state index contributed by atoms with van der Waals surface area (Å²) in [5.41, 5.74) is 72.7. The van der Waals surface area contributed by atoms with Gasteiger partial charge in [0.1, 0.15) is 0 Å². The molecule has 697 valence electrons. The monoisotopic (exact) mass is 2430 g/mol. The summed E-state index contributed by atoms with van der Waals surface area (Å²) in [5, 5.41) is 142. The molecule has 59 nitrogen and oxygen atoms in total. The Kier molecular flexibility index (Phi) is 591. The molecule has 64 heteroatoms. The number of carbonyl (C=O) groups excluding carboxylic acids is 25. The van der Waals surface area contributed by atoms with E-state index in [9.17, 15) is 0 Å². The van der Waals surface area contributed by atoms with Gasteiger partial charge in [0.05, 0.1) is 0 Å². The first-order valence-electron chi connectivity index (χ1n) is 26.9. The van der Waals surface area contributed by atoms with Crippen LogP contribution in [-0.4, -0.2) is 232 Å². The van der Waals surface area contributed by atoms with E-state index in [1.807, 2.05) is 0 Å². The molecule has 10 amide bonds. The third-order valence-electron chi connectivity index (χ3n) is 1.93. The van der Waals surface area contributed by atoms with Crippen molar-refractivity contribution < 1.29 is 396 Å². The fraction of sp³-hybridized carbons (Fsp3) is 0.519. The molecule has 0 saturated carbocycles. The Labute approximate surface area is 829 Å². The van der Waals surface area contributed by atoms with Crippen molar-refractivity contribution in [3.05, 3.63) is 0 Å². The van der Waals surface area contributed by atoms with Crippen LogP contribution in [0, 0.1) is 200 Å². The van der Waals surface area contributed by atoms with Crippen molar-refractivity contribution in [2.24, 2.45) is 91.7 Å². The number of aliphatic carboxylic acids is 15. The molecule has 5 radical (unpaired) electrons. The second kappa shape index (κ2) is 312. The van der Waals surface area contributed by atoms with Gasteiger partial charge in [-0.05, 0) is 104 Å². The van der Waals surface area contributed by atoms with Gasteiger partial charge >= 0.3 is 200 Å². The minimum Gasteiger partial charge on any atom is -0.550 e. The van der Waals surface area contributed by atoms with Crippen LogP contribution in [0.3, 0.4) is 0 Å². The zero-order chi connectivity index (χ0) is 97.3. The molecule has 116 heavy (non-hydrogen) atoms. The van der Waals surface area contributed by atoms with Gasteiger partial charge in [-0.2, -0.15) is 0 Å². The number of rotatable bonds is 12. The van der Waals surface area contributed by atoms with Gasteiger partial charge in [0, 0.05) is 168 Å². The SMILES string of the molecule is CC(=O)[O-].CC(=O)[O-].CC(=O)[O-].CC(=O)[O-].CC(=O)[O-].CC(=O)[O-].CC(=O)[O-].CC(=O)[O-].CC(=O)[O-].CC(=O)[O-].CC(=O)[O-].CC(=O)[O-].CC(=O)[O-].CC(=O)[O-].CC(=O)[O-].NC=O.NC=O.NC=O.NC=O.NC=O.NC=O.NC=O.NC=O.NC=O.NC=O.NCCNCCN.NCCNCCN.NCCNCCN.[Gd+3].[Gd+3].[Gd+3].[Gd+3].[Gd+3]. The average Bonchev–Trinajstić information content (AvgIpc) is 1.40. The van der Waals surface area contributed by atoms with Crippen LogP contribution in [0.4, 0.5) is 0 Å². The molecular weight excluding hydrogens is 2320 g/mol. The summed E-state index contributed by atoms with van der Waals surface area (Å²) in [6.07, 6.45) is 2.50. The van der Waals surface area contributed by atoms with Crippen molar-refractivity contribution in [3.63, 3.8) is 0 Å². The molecule has 0 bridgehead atoms. The van der Waals surface area contributed by atoms with E-state index >= 15 is 0 Å². The van der Waals surface area contributed by atoms with Gasteiger partial charge in [0.2, 0.25) is 64.1 Å². The molecule has 0 aliphatic rings. The second-order valence-corrected chi connectivity index (χ2v) is 12.7. The number of carboxylic acids is 15. The van der Waals surface area contributed by atoms with Crippen LogP contribution in [0.1, 0.15) is 104 Å². The molecule has 0 aliphatic heterocycles. The molecule has 0 aromatic rings. The number of primary amides is 10. The summed E-state index contributed by atoms with van der Waals surface area (Å²) >= 11 is 0. The van der Waals surface area contributed by atoms with Gasteiger partial charge in [-0.25, -0.2) is 0 Å². The first-order chi connectivity index (χ1) is 50.4. The van der Waals surface area contributed by atoms with Crippen molar-refractivity contribution >= 4 is 154 Å². The standard InChI is InChI=1S/3C4H13N3.15C2H4O2.10CH3NO.5Gd/c3*5-1-3-7-4-2-6;15*1-2(3)4;10*2-1-3;;;;;/h3*7H,1-6H2;15*1H3,(H,3,4);10*1H,(H2,2,3);;;;;/q;;;;;;;;;;;;;;;;;;;;;;;;;;;;5*+3/p-15. The molecule has 0 saturated heterocycles. The summed E-state index contributed by atoms with van der Waals surface area (Å²) in [6, 6.07) is 0. The second-order valence-electron chi connectivity index (χ2n) is 12.7. The third-order valence-corrected chi connectivity index (χ3v) is 1.93. The molecule has 0 spiro atoms. The van der Waals surface area contributed by atoms with Gasteiger partial charge in [0.25, 0.3) is 0 Å². The van der Waals surface area contributed by atoms with Crippen LogP contribution in [0.25, 0.3) is 0 Å². The minimum absolute atomic E-state index is 0. The van der Waals surface area contributed by atoms with Gasteiger partial charge in [-0.3, -0.25) is 47.9 Å². The maximum absolute atomic E-state index is 8.89. The fourth-order valence-corrected chi connectivity index (χ4v) is 0.987. The zero-order valence-corrected chi connectivity index (χ0v) is 76.9. The normalized spacial score (nSPS) is 5.97. The summed E-state index contributed by atoms with van der Waals surface area (Å²) in [4.78, 5) is 219. The van der Waals surface area contributed by atoms with Crippen LogP contribution in [0.15, 0.2) is 0 Å². The Morgan fingerprint density at radius 1 is 0.172 bits per heavy atom. The molecule has 0 aromatic carbocycles. The van der Waals surface area contributed by atoms with E-state index in [0.29, 0.717) is 39.3 Å². The van der Waals surface area contributed by atoms with E-state index in [4.69, 9.17) is 231 Å². The van der Waals surface area contributed by atoms with Gasteiger partial charge in [-0.1, -0.05) is 0 Å². The van der Waals surface area contributed by atoms with Crippen LogP contribution >= 0.6 is 0 Å². The van der Waals surface area contributed by atoms with Crippen LogP contribution in [0.5, 0.6) is 0 Å². The first-order valence-corrected chi connectivity index (χ1v) is 26.9. The summed E-state index contributed by atoms with van der Waals surface area (Å²) in [7, 11) is 0. The molecule has 35 N–H and O–H groups in total. The van der Waals surface area contributed by atoms with Crippen molar-refractivity contribution in [2.75, 3.05) is 78.5 Å². The van der Waals surface area contributed by atoms with Gasteiger partial charge in [0.15, 0.2) is 0 Å². The van der Waals surface area contributed by atoms with Crippen molar-refractivity contribution in [3.8, 4) is 0 Å². The van der Waals surface area contributed by atoms with E-state index in [1.165, 1.54) is 0 Å². The molecule has 0 unspecified atom stereocenters. The number of hydrogen-bond acceptors (Lipinski definition) is 49. The Hall–Kier alpha value is -6.99. The summed E-state index contributed by atoms with van der Waals surface area (Å²) in [6.45, 7) is 24.0. The molecular formula is C52H114Gd5N19O40. The minimum atomic E-state index is -1.08. The van der Waals surface area contributed by atoms with Crippen molar-refractivity contribution in [1.29, 1.82) is 0 Å². The molecule has 0 fully saturated rings. The Bertz CT molecular complexity index is 1480. The average molecular weight is 2430 g/mol. The largest absolute Gasteiger partial charge is 3.00 e. The number of nitrogens with one attached hydrogen (secondary N) is 3. The number of carboxylic acid groups (broad SMARTS) is 15. The van der Waals surface area contributed by atoms with Gasteiger partial charge in [-0.15, -0.1) is 0 Å². The van der Waals surface area contributed by atoms with E-state index in [1.54, 1.807) is 0 Å². The van der Waals surface area contributed by atoms with E-state index in [0.717, 1.165) is 143 Å². The molecule has 0 heterocycles. The number of amides is 10. The van der Waals surface area contributed by atoms with E-state index in [-0.39, 0.29) is 264 Å². The molecule has 0 rings (SSSR count). The van der Waals surface area contributed by atoms with Crippen LogP contribution in [-0.2, 0) is 120 Å². The van der Waals surface area contributed by atoms with E-state index < -0.39 is 89.5 Å². The predicted molar refractivity (Wildman–Crippen MR) is 356 cm³/mol. The number of nitrogens with two attached hydrogens (primary N) is 16. The van der Waals surface area contributed by atoms with Gasteiger partial charge < -0.3 is 256 Å². The topological polar surface area (TPSA) is 1230 Å². The molecule has 0 atom stereocenters. The zero-order valence-electron chi connectivity index (χ0n) is 65.6. The van der Waals surface area contributed by atoms with Crippen molar-refractivity contribution in [1.82, 2.24) is 16.0 Å². The summed E-state index contributed by atoms with van der Waals surface area (Å²) < 4.78 is 0. The van der Waals surface area contributed by atoms with E-state index in [2.05, 4.69) is 73.3 Å². The fourth-order valence-electron chi connectivity index (χ4n) is 0.987. The van der Waals surface area contributed by atoms with Crippen LogP contribution in [0.2, 0.25) is 0 Å². The predicted octanol–water partition coefficient (Wildman–Crippen LogP) is -32.2. The number of hydrogen-bond donors (Lipinski definition) is 19. The maximum Gasteiger partial charge on any atom is 3.00 e. The molecule has 0 aromatic heterocycles. The molecule has 0 aliphatic carbocycles.